The topological polar surface area (TPSA) is 47.2 Å². The molecule has 0 bridgehead atoms. The lowest BCUT2D eigenvalue weighted by Gasteiger charge is -2.09. The molecule has 0 spiro atoms. The summed E-state index contributed by atoms with van der Waals surface area (Å²) in [6.07, 6.45) is 1.63. The van der Waals surface area contributed by atoms with Gasteiger partial charge in [0.05, 0.1) is 17.1 Å². The standard InChI is InChI=1S/C21H14ClN3O/c22-17-12-10-15(11-13-17)14-23-25-20(16-6-2-1-3-7-16)24-19-9-5-4-8-18(19)21(25)26/h1-14H. The van der Waals surface area contributed by atoms with Gasteiger partial charge in [0.25, 0.3) is 5.56 Å². The maximum absolute atomic E-state index is 13.0. The minimum Gasteiger partial charge on any atom is -0.267 e. The Kier molecular flexibility index (Phi) is 4.33. The molecule has 0 aliphatic rings. The van der Waals surface area contributed by atoms with E-state index in [9.17, 15) is 4.79 Å². The van der Waals surface area contributed by atoms with Gasteiger partial charge in [0.1, 0.15) is 0 Å². The van der Waals surface area contributed by atoms with Crippen LogP contribution in [0.3, 0.4) is 0 Å². The lowest BCUT2D eigenvalue weighted by molar-refractivity contribution is 0.830. The summed E-state index contributed by atoms with van der Waals surface area (Å²) in [5.74, 6) is 0.500. The van der Waals surface area contributed by atoms with Crippen molar-refractivity contribution in [1.29, 1.82) is 0 Å². The molecule has 4 nitrogen and oxygen atoms in total. The molecule has 4 rings (SSSR count). The van der Waals surface area contributed by atoms with Crippen LogP contribution in [-0.4, -0.2) is 15.9 Å². The van der Waals surface area contributed by atoms with E-state index in [1.807, 2.05) is 60.7 Å². The van der Waals surface area contributed by atoms with Crippen LogP contribution in [0.15, 0.2) is 88.8 Å². The minimum absolute atomic E-state index is 0.209. The van der Waals surface area contributed by atoms with Gasteiger partial charge >= 0.3 is 0 Å². The number of fused-ring (bicyclic) bond motifs is 1. The Bertz CT molecular complexity index is 1150. The molecule has 0 atom stereocenters. The molecule has 0 unspecified atom stereocenters. The van der Waals surface area contributed by atoms with Crippen LogP contribution in [0.25, 0.3) is 22.3 Å². The molecule has 0 radical (unpaired) electrons. The fourth-order valence-electron chi connectivity index (χ4n) is 2.68. The Labute approximate surface area is 155 Å². The van der Waals surface area contributed by atoms with Crippen molar-refractivity contribution in [3.63, 3.8) is 0 Å². The summed E-state index contributed by atoms with van der Waals surface area (Å²) in [5.41, 5.74) is 2.10. The van der Waals surface area contributed by atoms with Gasteiger partial charge in [-0.25, -0.2) is 4.98 Å². The highest BCUT2D eigenvalue weighted by atomic mass is 35.5. The lowest BCUT2D eigenvalue weighted by atomic mass is 10.2. The van der Waals surface area contributed by atoms with Crippen LogP contribution in [0.1, 0.15) is 5.56 Å². The highest BCUT2D eigenvalue weighted by molar-refractivity contribution is 6.30. The summed E-state index contributed by atoms with van der Waals surface area (Å²) in [4.78, 5) is 17.6. The van der Waals surface area contributed by atoms with Crippen molar-refractivity contribution < 1.29 is 0 Å². The van der Waals surface area contributed by atoms with E-state index in [4.69, 9.17) is 11.6 Å². The second-order valence-electron chi connectivity index (χ2n) is 5.73. The van der Waals surface area contributed by atoms with E-state index >= 15 is 0 Å². The third kappa shape index (κ3) is 3.15. The quantitative estimate of drug-likeness (QED) is 0.502. The van der Waals surface area contributed by atoms with Gasteiger partial charge in [0.15, 0.2) is 5.82 Å². The van der Waals surface area contributed by atoms with Crippen LogP contribution >= 0.6 is 11.6 Å². The van der Waals surface area contributed by atoms with Crippen LogP contribution in [0.4, 0.5) is 0 Å². The van der Waals surface area contributed by atoms with E-state index in [0.29, 0.717) is 21.7 Å². The number of nitrogens with zero attached hydrogens (tertiary/aromatic N) is 3. The SMILES string of the molecule is O=c1c2ccccc2nc(-c2ccccc2)n1N=Cc1ccc(Cl)cc1. The Balaban J connectivity index is 1.92. The predicted molar refractivity (Wildman–Crippen MR) is 106 cm³/mol. The smallest absolute Gasteiger partial charge is 0.267 e. The first-order valence-corrected chi connectivity index (χ1v) is 8.47. The number of para-hydroxylation sites is 1. The van der Waals surface area contributed by atoms with Crippen molar-refractivity contribution in [2.75, 3.05) is 0 Å². The molecule has 3 aromatic carbocycles. The molecule has 126 valence electrons. The number of halogens is 1. The van der Waals surface area contributed by atoms with Gasteiger partial charge < -0.3 is 0 Å². The zero-order valence-corrected chi connectivity index (χ0v) is 14.5. The fourth-order valence-corrected chi connectivity index (χ4v) is 2.80. The Morgan fingerprint density at radius 3 is 2.35 bits per heavy atom. The minimum atomic E-state index is -0.209. The zero-order chi connectivity index (χ0) is 17.9. The number of rotatable bonds is 3. The summed E-state index contributed by atoms with van der Waals surface area (Å²) in [5, 5.41) is 5.58. The molecule has 0 fully saturated rings. The Morgan fingerprint density at radius 2 is 1.58 bits per heavy atom. The average Bonchev–Trinajstić information content (AvgIpc) is 2.69. The summed E-state index contributed by atoms with van der Waals surface area (Å²) >= 11 is 5.91. The van der Waals surface area contributed by atoms with Gasteiger partial charge in [-0.05, 0) is 29.8 Å². The molecule has 0 aliphatic carbocycles. The molecular weight excluding hydrogens is 346 g/mol. The van der Waals surface area contributed by atoms with Gasteiger partial charge in [-0.1, -0.05) is 66.2 Å². The van der Waals surface area contributed by atoms with Crippen LogP contribution in [-0.2, 0) is 0 Å². The van der Waals surface area contributed by atoms with Crippen molar-refractivity contribution in [1.82, 2.24) is 9.66 Å². The van der Waals surface area contributed by atoms with Crippen LogP contribution in [0.2, 0.25) is 5.02 Å². The Hall–Kier alpha value is -3.24. The molecular formula is C21H14ClN3O. The summed E-state index contributed by atoms with van der Waals surface area (Å²) in [7, 11) is 0. The van der Waals surface area contributed by atoms with Crippen molar-refractivity contribution in [2.45, 2.75) is 0 Å². The zero-order valence-electron chi connectivity index (χ0n) is 13.7. The van der Waals surface area contributed by atoms with E-state index < -0.39 is 0 Å². The molecule has 1 aromatic heterocycles. The second kappa shape index (κ2) is 6.94. The lowest BCUT2D eigenvalue weighted by Crippen LogP contribution is -2.20. The molecule has 0 amide bonds. The first-order valence-electron chi connectivity index (χ1n) is 8.09. The third-order valence-corrected chi connectivity index (χ3v) is 4.23. The van der Waals surface area contributed by atoms with Crippen molar-refractivity contribution >= 4 is 28.7 Å². The molecule has 1 heterocycles. The van der Waals surface area contributed by atoms with E-state index in [1.165, 1.54) is 4.68 Å². The predicted octanol–water partition coefficient (Wildman–Crippen LogP) is 4.60. The fraction of sp³-hybridized carbons (Fsp3) is 0. The average molecular weight is 360 g/mol. The van der Waals surface area contributed by atoms with Gasteiger partial charge in [0.2, 0.25) is 0 Å². The monoisotopic (exact) mass is 359 g/mol. The van der Waals surface area contributed by atoms with Gasteiger partial charge in [-0.3, -0.25) is 4.79 Å². The van der Waals surface area contributed by atoms with Gasteiger partial charge in [-0.2, -0.15) is 9.78 Å². The summed E-state index contributed by atoms with van der Waals surface area (Å²) in [6, 6.07) is 24.1. The highest BCUT2D eigenvalue weighted by Gasteiger charge is 2.11. The van der Waals surface area contributed by atoms with Crippen molar-refractivity contribution in [3.05, 3.63) is 99.8 Å². The van der Waals surface area contributed by atoms with Gasteiger partial charge in [-0.15, -0.1) is 0 Å². The van der Waals surface area contributed by atoms with Crippen LogP contribution in [0.5, 0.6) is 0 Å². The van der Waals surface area contributed by atoms with Crippen molar-refractivity contribution in [3.8, 4) is 11.4 Å². The third-order valence-electron chi connectivity index (χ3n) is 3.98. The maximum Gasteiger partial charge on any atom is 0.282 e. The van der Waals surface area contributed by atoms with Gasteiger partial charge in [0, 0.05) is 10.6 Å². The van der Waals surface area contributed by atoms with Crippen LogP contribution in [0, 0.1) is 0 Å². The molecule has 0 saturated carbocycles. The molecule has 0 saturated heterocycles. The molecule has 5 heteroatoms. The molecule has 0 N–H and O–H groups in total. The number of aromatic nitrogens is 2. The van der Waals surface area contributed by atoms with E-state index in [2.05, 4.69) is 10.1 Å². The highest BCUT2D eigenvalue weighted by Crippen LogP contribution is 2.18. The first-order chi connectivity index (χ1) is 12.7. The maximum atomic E-state index is 13.0. The Morgan fingerprint density at radius 1 is 0.885 bits per heavy atom. The van der Waals surface area contributed by atoms with E-state index in [1.54, 1.807) is 24.4 Å². The van der Waals surface area contributed by atoms with E-state index in [-0.39, 0.29) is 5.56 Å². The molecule has 26 heavy (non-hydrogen) atoms. The number of benzene rings is 3. The van der Waals surface area contributed by atoms with E-state index in [0.717, 1.165) is 11.1 Å². The van der Waals surface area contributed by atoms with Crippen molar-refractivity contribution in [2.24, 2.45) is 5.10 Å². The number of hydrogen-bond donors (Lipinski definition) is 0. The molecule has 4 aromatic rings. The number of hydrogen-bond acceptors (Lipinski definition) is 3. The van der Waals surface area contributed by atoms with Crippen LogP contribution < -0.4 is 5.56 Å². The molecule has 0 aliphatic heterocycles. The summed E-state index contributed by atoms with van der Waals surface area (Å²) < 4.78 is 1.34. The first kappa shape index (κ1) is 16.2. The summed E-state index contributed by atoms with van der Waals surface area (Å²) in [6.45, 7) is 0. The normalized spacial score (nSPS) is 11.3. The largest absolute Gasteiger partial charge is 0.282 e. The second-order valence-corrected chi connectivity index (χ2v) is 6.17.